The largest absolute Gasteiger partial charge is 0.325 e. The highest BCUT2D eigenvalue weighted by molar-refractivity contribution is 8.00. The normalized spacial score (nSPS) is 15.1. The number of hydrogen-bond acceptors (Lipinski definition) is 5. The van der Waals surface area contributed by atoms with Gasteiger partial charge >= 0.3 is 0 Å². The van der Waals surface area contributed by atoms with E-state index in [-0.39, 0.29) is 16.1 Å². The van der Waals surface area contributed by atoms with E-state index in [4.69, 9.17) is 0 Å². The Labute approximate surface area is 163 Å². The molecule has 0 saturated heterocycles. The molecule has 0 spiro atoms. The Morgan fingerprint density at radius 1 is 1.15 bits per heavy atom. The van der Waals surface area contributed by atoms with Gasteiger partial charge < -0.3 is 5.32 Å². The molecule has 1 heterocycles. The Balaban J connectivity index is 1.67. The van der Waals surface area contributed by atoms with Gasteiger partial charge in [-0.1, -0.05) is 24.3 Å². The number of nitrogens with one attached hydrogen (secondary N) is 2. The zero-order valence-electron chi connectivity index (χ0n) is 14.9. The van der Waals surface area contributed by atoms with Crippen molar-refractivity contribution in [3.05, 3.63) is 54.6 Å². The third kappa shape index (κ3) is 5.33. The Morgan fingerprint density at radius 2 is 1.93 bits per heavy atom. The highest BCUT2D eigenvalue weighted by atomic mass is 32.2. The van der Waals surface area contributed by atoms with Crippen LogP contribution in [0.2, 0.25) is 0 Å². The zero-order valence-corrected chi connectivity index (χ0v) is 16.5. The van der Waals surface area contributed by atoms with Crippen LogP contribution in [0.25, 0.3) is 0 Å². The Kier molecular flexibility index (Phi) is 6.18. The molecule has 0 aliphatic carbocycles. The van der Waals surface area contributed by atoms with Gasteiger partial charge in [0.1, 0.15) is 5.84 Å². The van der Waals surface area contributed by atoms with Crippen LogP contribution < -0.4 is 10.0 Å². The van der Waals surface area contributed by atoms with Crippen molar-refractivity contribution in [1.29, 1.82) is 0 Å². The first-order chi connectivity index (χ1) is 12.9. The number of sulfonamides is 1. The van der Waals surface area contributed by atoms with E-state index in [1.54, 1.807) is 12.1 Å². The van der Waals surface area contributed by atoms with Gasteiger partial charge in [-0.3, -0.25) is 14.5 Å². The molecule has 2 aromatic carbocycles. The van der Waals surface area contributed by atoms with E-state index >= 15 is 0 Å². The van der Waals surface area contributed by atoms with Gasteiger partial charge in [0.2, 0.25) is 5.91 Å². The molecule has 8 heteroatoms. The van der Waals surface area contributed by atoms with Gasteiger partial charge in [-0.05, 0) is 43.7 Å². The van der Waals surface area contributed by atoms with Crippen LogP contribution in [0.5, 0.6) is 0 Å². The van der Waals surface area contributed by atoms with Gasteiger partial charge in [0.25, 0.3) is 10.0 Å². The first-order valence-corrected chi connectivity index (χ1v) is 11.0. The summed E-state index contributed by atoms with van der Waals surface area (Å²) in [5.74, 6) is 0.295. The third-order valence-corrected chi connectivity index (χ3v) is 6.45. The molecule has 3 rings (SSSR count). The number of carbonyl (C=O) groups excluding carboxylic acids is 1. The van der Waals surface area contributed by atoms with Crippen molar-refractivity contribution in [3.63, 3.8) is 0 Å². The zero-order chi connectivity index (χ0) is 19.3. The highest BCUT2D eigenvalue weighted by Crippen LogP contribution is 2.24. The molecule has 0 unspecified atom stereocenters. The minimum Gasteiger partial charge on any atom is -0.325 e. The molecule has 1 aliphatic heterocycles. The lowest BCUT2D eigenvalue weighted by Gasteiger charge is -2.13. The van der Waals surface area contributed by atoms with Crippen molar-refractivity contribution in [1.82, 2.24) is 4.72 Å². The number of benzene rings is 2. The molecule has 0 bridgehead atoms. The van der Waals surface area contributed by atoms with Crippen molar-refractivity contribution >= 4 is 39.2 Å². The molecular formula is C19H21N3O3S2. The number of carbonyl (C=O) groups is 1. The van der Waals surface area contributed by atoms with Gasteiger partial charge in [-0.25, -0.2) is 8.42 Å². The number of nitrogens with zero attached hydrogens (tertiary/aromatic N) is 1. The summed E-state index contributed by atoms with van der Waals surface area (Å²) in [6.07, 6.45) is 1.48. The molecule has 2 N–H and O–H groups in total. The number of anilines is 1. The second kappa shape index (κ2) is 8.58. The summed E-state index contributed by atoms with van der Waals surface area (Å²) in [5, 5.41) is 2.47. The number of amides is 1. The number of rotatable bonds is 6. The van der Waals surface area contributed by atoms with Crippen LogP contribution in [0, 0.1) is 0 Å². The molecule has 0 radical (unpaired) electrons. The second-order valence-corrected chi connectivity index (χ2v) is 9.22. The van der Waals surface area contributed by atoms with Gasteiger partial charge in [0.05, 0.1) is 10.1 Å². The summed E-state index contributed by atoms with van der Waals surface area (Å²) in [6.45, 7) is 2.46. The molecule has 6 nitrogen and oxygen atoms in total. The minimum atomic E-state index is -3.71. The quantitative estimate of drug-likeness (QED) is 0.725. The number of amidine groups is 1. The van der Waals surface area contributed by atoms with E-state index in [9.17, 15) is 13.2 Å². The standard InChI is InChI=1S/C19H21N3O3S2/c1-14(26-16-8-3-2-4-9-16)19(23)21-15-7-5-10-17(13-15)27(24,25)22-18-11-6-12-20-18/h2-5,7-10,13-14H,6,11-12H2,1H3,(H,20,22)(H,21,23)/t14-/m1/s1. The van der Waals surface area contributed by atoms with Crippen LogP contribution in [-0.2, 0) is 14.8 Å². The molecule has 1 aliphatic rings. The maximum Gasteiger partial charge on any atom is 0.262 e. The summed E-state index contributed by atoms with van der Waals surface area (Å²) in [4.78, 5) is 17.7. The fraction of sp³-hybridized carbons (Fsp3) is 0.263. The van der Waals surface area contributed by atoms with Crippen molar-refractivity contribution in [3.8, 4) is 0 Å². The number of thioether (sulfide) groups is 1. The van der Waals surface area contributed by atoms with E-state index in [0.29, 0.717) is 24.5 Å². The van der Waals surface area contributed by atoms with Crippen LogP contribution in [0.15, 0.2) is 69.4 Å². The lowest BCUT2D eigenvalue weighted by Crippen LogP contribution is -2.29. The van der Waals surface area contributed by atoms with Gasteiger partial charge in [0, 0.05) is 23.5 Å². The number of hydrogen-bond donors (Lipinski definition) is 2. The Morgan fingerprint density at radius 3 is 2.63 bits per heavy atom. The lowest BCUT2D eigenvalue weighted by molar-refractivity contribution is -0.115. The molecule has 1 atom stereocenters. The van der Waals surface area contributed by atoms with Crippen LogP contribution in [-0.4, -0.2) is 32.0 Å². The van der Waals surface area contributed by atoms with Gasteiger partial charge in [-0.2, -0.15) is 0 Å². The maximum absolute atomic E-state index is 12.5. The predicted molar refractivity (Wildman–Crippen MR) is 109 cm³/mol. The molecule has 27 heavy (non-hydrogen) atoms. The SMILES string of the molecule is C[C@@H](Sc1ccccc1)C(=O)Nc1cccc(S(=O)(=O)NC2=NCCC2)c1. The van der Waals surface area contributed by atoms with Crippen LogP contribution in [0.4, 0.5) is 5.69 Å². The third-order valence-electron chi connectivity index (χ3n) is 3.96. The smallest absolute Gasteiger partial charge is 0.262 e. The predicted octanol–water partition coefficient (Wildman–Crippen LogP) is 3.28. The van der Waals surface area contributed by atoms with E-state index in [1.807, 2.05) is 37.3 Å². The fourth-order valence-electron chi connectivity index (χ4n) is 2.58. The molecule has 1 amide bonds. The Bertz CT molecular complexity index is 944. The molecular weight excluding hydrogens is 382 g/mol. The summed E-state index contributed by atoms with van der Waals surface area (Å²) in [5.41, 5.74) is 0.441. The summed E-state index contributed by atoms with van der Waals surface area (Å²) >= 11 is 1.44. The highest BCUT2D eigenvalue weighted by Gasteiger charge is 2.20. The number of aliphatic imine (C=N–C) groups is 1. The molecule has 0 aromatic heterocycles. The van der Waals surface area contributed by atoms with Crippen molar-refractivity contribution in [2.45, 2.75) is 34.8 Å². The topological polar surface area (TPSA) is 87.6 Å². The average Bonchev–Trinajstić information content (AvgIpc) is 3.15. The van der Waals surface area contributed by atoms with E-state index in [0.717, 1.165) is 11.3 Å². The van der Waals surface area contributed by atoms with Crippen molar-refractivity contribution < 1.29 is 13.2 Å². The molecule has 0 fully saturated rings. The minimum absolute atomic E-state index is 0.0956. The lowest BCUT2D eigenvalue weighted by atomic mass is 10.3. The molecule has 142 valence electrons. The van der Waals surface area contributed by atoms with Crippen molar-refractivity contribution in [2.24, 2.45) is 4.99 Å². The Hall–Kier alpha value is -2.32. The summed E-state index contributed by atoms with van der Waals surface area (Å²) in [6, 6.07) is 15.9. The van der Waals surface area contributed by atoms with Crippen LogP contribution >= 0.6 is 11.8 Å². The second-order valence-electron chi connectivity index (χ2n) is 6.13. The van der Waals surface area contributed by atoms with Gasteiger partial charge in [0.15, 0.2) is 0 Å². The van der Waals surface area contributed by atoms with Gasteiger partial charge in [-0.15, -0.1) is 11.8 Å². The first-order valence-electron chi connectivity index (χ1n) is 8.63. The maximum atomic E-state index is 12.5. The fourth-order valence-corrected chi connectivity index (χ4v) is 4.60. The van der Waals surface area contributed by atoms with Crippen LogP contribution in [0.3, 0.4) is 0 Å². The summed E-state index contributed by atoms with van der Waals surface area (Å²) in [7, 11) is -3.71. The van der Waals surface area contributed by atoms with Crippen molar-refractivity contribution in [2.75, 3.05) is 11.9 Å². The molecule has 0 saturated carbocycles. The van der Waals surface area contributed by atoms with Crippen LogP contribution in [0.1, 0.15) is 19.8 Å². The van der Waals surface area contributed by atoms with E-state index in [1.165, 1.54) is 23.9 Å². The average molecular weight is 404 g/mol. The van der Waals surface area contributed by atoms with E-state index in [2.05, 4.69) is 15.0 Å². The van der Waals surface area contributed by atoms with E-state index < -0.39 is 10.0 Å². The summed E-state index contributed by atoms with van der Waals surface area (Å²) < 4.78 is 27.5. The molecule has 2 aromatic rings. The monoisotopic (exact) mass is 403 g/mol. The first kappa shape index (κ1) is 19.4.